The van der Waals surface area contributed by atoms with E-state index in [1.807, 2.05) is 18.3 Å². The number of hydrogen-bond donors (Lipinski definition) is 2. The molecule has 3 nitrogen and oxygen atoms in total. The van der Waals surface area contributed by atoms with Crippen LogP contribution in [-0.2, 0) is 16.6 Å². The number of aromatic nitrogens is 1. The number of benzene rings is 2. The van der Waals surface area contributed by atoms with Gasteiger partial charge in [0.25, 0.3) is 0 Å². The molecule has 4 heteroatoms. The van der Waals surface area contributed by atoms with Gasteiger partial charge in [0.2, 0.25) is 5.91 Å². The normalized spacial score (nSPS) is 15.7. The van der Waals surface area contributed by atoms with Crippen LogP contribution in [0, 0.1) is 5.82 Å². The van der Waals surface area contributed by atoms with E-state index >= 15 is 0 Å². The van der Waals surface area contributed by atoms with Crippen molar-refractivity contribution < 1.29 is 9.18 Å². The number of carbonyl (C=O) groups is 1. The lowest BCUT2D eigenvalue weighted by Gasteiger charge is -2.40. The third-order valence-electron chi connectivity index (χ3n) is 5.39. The van der Waals surface area contributed by atoms with Crippen molar-refractivity contribution in [1.29, 1.82) is 0 Å². The molecular formula is C21H21FN2O. The van der Waals surface area contributed by atoms with Crippen molar-refractivity contribution in [2.24, 2.45) is 0 Å². The summed E-state index contributed by atoms with van der Waals surface area (Å²) in [6, 6.07) is 14.5. The lowest BCUT2D eigenvalue weighted by molar-refractivity contribution is -0.129. The number of H-pyrrole nitrogens is 1. The molecule has 1 amide bonds. The molecule has 2 aromatic carbocycles. The molecule has 1 saturated carbocycles. The van der Waals surface area contributed by atoms with E-state index in [-0.39, 0.29) is 11.7 Å². The highest BCUT2D eigenvalue weighted by atomic mass is 19.1. The summed E-state index contributed by atoms with van der Waals surface area (Å²) < 4.78 is 13.2. The Morgan fingerprint density at radius 1 is 1.12 bits per heavy atom. The highest BCUT2D eigenvalue weighted by Crippen LogP contribution is 2.44. The third kappa shape index (κ3) is 2.82. The van der Waals surface area contributed by atoms with Gasteiger partial charge in [-0.25, -0.2) is 4.39 Å². The van der Waals surface area contributed by atoms with Gasteiger partial charge in [-0.2, -0.15) is 0 Å². The van der Waals surface area contributed by atoms with Gasteiger partial charge in [-0.15, -0.1) is 0 Å². The Kier molecular flexibility index (Phi) is 4.04. The number of rotatable bonds is 5. The van der Waals surface area contributed by atoms with Gasteiger partial charge < -0.3 is 10.3 Å². The van der Waals surface area contributed by atoms with Gasteiger partial charge >= 0.3 is 0 Å². The zero-order chi connectivity index (χ0) is 17.3. The van der Waals surface area contributed by atoms with E-state index in [4.69, 9.17) is 0 Å². The number of halogens is 1. The highest BCUT2D eigenvalue weighted by Gasteiger charge is 2.45. The van der Waals surface area contributed by atoms with Gasteiger partial charge in [-0.3, -0.25) is 4.79 Å². The molecule has 0 radical (unpaired) electrons. The molecule has 0 unspecified atom stereocenters. The minimum absolute atomic E-state index is 0.0604. The quantitative estimate of drug-likeness (QED) is 0.724. The number of hydrogen-bond acceptors (Lipinski definition) is 1. The van der Waals surface area contributed by atoms with E-state index in [1.54, 1.807) is 12.1 Å². The molecule has 1 aromatic heterocycles. The van der Waals surface area contributed by atoms with Crippen molar-refractivity contribution in [2.45, 2.75) is 31.1 Å². The number of fused-ring (bicyclic) bond motifs is 1. The Hall–Kier alpha value is -2.62. The molecule has 2 N–H and O–H groups in total. The molecule has 0 spiro atoms. The van der Waals surface area contributed by atoms with E-state index in [2.05, 4.69) is 22.4 Å². The summed E-state index contributed by atoms with van der Waals surface area (Å²) in [6.07, 6.45) is 5.49. The average molecular weight is 336 g/mol. The average Bonchev–Trinajstić information content (AvgIpc) is 2.99. The van der Waals surface area contributed by atoms with Crippen molar-refractivity contribution in [3.63, 3.8) is 0 Å². The van der Waals surface area contributed by atoms with Gasteiger partial charge in [0.05, 0.1) is 5.41 Å². The Bertz CT molecular complexity index is 894. The molecule has 128 valence electrons. The van der Waals surface area contributed by atoms with Crippen LogP contribution in [0.2, 0.25) is 0 Å². The molecule has 3 aromatic rings. The predicted octanol–water partition coefficient (Wildman–Crippen LogP) is 4.09. The molecule has 1 aliphatic carbocycles. The van der Waals surface area contributed by atoms with Crippen LogP contribution in [0.4, 0.5) is 4.39 Å². The number of amides is 1. The van der Waals surface area contributed by atoms with Gasteiger partial charge in [0.15, 0.2) is 0 Å². The maximum Gasteiger partial charge on any atom is 0.230 e. The van der Waals surface area contributed by atoms with Gasteiger partial charge in [0, 0.05) is 23.6 Å². The highest BCUT2D eigenvalue weighted by molar-refractivity contribution is 5.89. The van der Waals surface area contributed by atoms with Gasteiger partial charge in [0.1, 0.15) is 5.82 Å². The molecule has 0 saturated heterocycles. The second-order valence-electron chi connectivity index (χ2n) is 6.81. The lowest BCUT2D eigenvalue weighted by atomic mass is 9.64. The fourth-order valence-corrected chi connectivity index (χ4v) is 3.76. The minimum atomic E-state index is -0.478. The Morgan fingerprint density at radius 3 is 2.60 bits per heavy atom. The van der Waals surface area contributed by atoms with Crippen molar-refractivity contribution in [2.75, 3.05) is 6.54 Å². The van der Waals surface area contributed by atoms with Crippen LogP contribution < -0.4 is 5.32 Å². The monoisotopic (exact) mass is 336 g/mol. The van der Waals surface area contributed by atoms with Gasteiger partial charge in [-0.1, -0.05) is 36.8 Å². The van der Waals surface area contributed by atoms with Crippen LogP contribution in [0.3, 0.4) is 0 Å². The van der Waals surface area contributed by atoms with Gasteiger partial charge in [-0.05, 0) is 48.6 Å². The molecule has 25 heavy (non-hydrogen) atoms. The minimum Gasteiger partial charge on any atom is -0.361 e. The predicted molar refractivity (Wildman–Crippen MR) is 96.9 cm³/mol. The second kappa shape index (κ2) is 6.36. The number of para-hydroxylation sites is 1. The first kappa shape index (κ1) is 15.9. The summed E-state index contributed by atoms with van der Waals surface area (Å²) in [6.45, 7) is 0.601. The van der Waals surface area contributed by atoms with Crippen molar-refractivity contribution >= 4 is 16.8 Å². The first-order chi connectivity index (χ1) is 12.2. The van der Waals surface area contributed by atoms with Crippen LogP contribution in [0.15, 0.2) is 54.7 Å². The maximum atomic E-state index is 13.2. The summed E-state index contributed by atoms with van der Waals surface area (Å²) in [7, 11) is 0. The Morgan fingerprint density at radius 2 is 1.88 bits per heavy atom. The fourth-order valence-electron chi connectivity index (χ4n) is 3.76. The Balaban J connectivity index is 1.43. The molecule has 0 atom stereocenters. The summed E-state index contributed by atoms with van der Waals surface area (Å²) in [4.78, 5) is 16.1. The largest absolute Gasteiger partial charge is 0.361 e. The number of nitrogens with one attached hydrogen (secondary N) is 2. The summed E-state index contributed by atoms with van der Waals surface area (Å²) >= 11 is 0. The van der Waals surface area contributed by atoms with Crippen LogP contribution >= 0.6 is 0 Å². The van der Waals surface area contributed by atoms with E-state index in [0.717, 1.165) is 36.8 Å². The molecule has 0 aliphatic heterocycles. The summed E-state index contributed by atoms with van der Waals surface area (Å²) in [5.41, 5.74) is 2.77. The first-order valence-corrected chi connectivity index (χ1v) is 8.78. The van der Waals surface area contributed by atoms with E-state index in [0.29, 0.717) is 6.54 Å². The molecular weight excluding hydrogens is 315 g/mol. The van der Waals surface area contributed by atoms with Crippen LogP contribution in [0.1, 0.15) is 30.4 Å². The zero-order valence-electron chi connectivity index (χ0n) is 14.0. The van der Waals surface area contributed by atoms with E-state index < -0.39 is 5.41 Å². The van der Waals surface area contributed by atoms with Crippen molar-refractivity contribution in [1.82, 2.24) is 10.3 Å². The van der Waals surface area contributed by atoms with E-state index in [1.165, 1.54) is 23.1 Å². The summed E-state index contributed by atoms with van der Waals surface area (Å²) in [5, 5.41) is 4.30. The van der Waals surface area contributed by atoms with Crippen LogP contribution in [0.25, 0.3) is 10.9 Å². The molecule has 4 rings (SSSR count). The molecule has 1 fully saturated rings. The summed E-state index contributed by atoms with van der Waals surface area (Å²) in [5.74, 6) is -0.205. The molecule has 1 aliphatic rings. The number of aromatic amines is 1. The topological polar surface area (TPSA) is 44.9 Å². The van der Waals surface area contributed by atoms with E-state index in [9.17, 15) is 9.18 Å². The first-order valence-electron chi connectivity index (χ1n) is 8.78. The standard InChI is InChI=1S/C21H21FN2O/c22-17-8-6-16(7-9-17)21(11-3-12-21)20(25)23-13-10-15-14-24-19-5-2-1-4-18(15)19/h1-2,4-9,14,24H,3,10-13H2,(H,23,25). The second-order valence-corrected chi connectivity index (χ2v) is 6.81. The smallest absolute Gasteiger partial charge is 0.230 e. The van der Waals surface area contributed by atoms with Crippen molar-refractivity contribution in [3.05, 3.63) is 71.7 Å². The maximum absolute atomic E-state index is 13.2. The van der Waals surface area contributed by atoms with Crippen LogP contribution in [0.5, 0.6) is 0 Å². The fraction of sp³-hybridized carbons (Fsp3) is 0.286. The SMILES string of the molecule is O=C(NCCc1c[nH]c2ccccc12)C1(c2ccc(F)cc2)CCC1. The Labute approximate surface area is 146 Å². The van der Waals surface area contributed by atoms with Crippen LogP contribution in [-0.4, -0.2) is 17.4 Å². The van der Waals surface area contributed by atoms with Crippen molar-refractivity contribution in [3.8, 4) is 0 Å². The molecule has 1 heterocycles. The lowest BCUT2D eigenvalue weighted by Crippen LogP contribution is -2.49. The zero-order valence-corrected chi connectivity index (χ0v) is 14.0. The number of carbonyl (C=O) groups excluding carboxylic acids is 1. The molecule has 0 bridgehead atoms. The third-order valence-corrected chi connectivity index (χ3v) is 5.39.